The van der Waals surface area contributed by atoms with Crippen LogP contribution in [0.1, 0.15) is 6.92 Å². The van der Waals surface area contributed by atoms with E-state index >= 15 is 0 Å². The van der Waals surface area contributed by atoms with Crippen molar-refractivity contribution in [2.45, 2.75) is 6.92 Å². The van der Waals surface area contributed by atoms with Crippen LogP contribution in [0.15, 0.2) is 22.7 Å². The summed E-state index contributed by atoms with van der Waals surface area (Å²) in [7, 11) is 4.98. The molecule has 1 N–H and O–H groups in total. The molecule has 0 saturated heterocycles. The van der Waals surface area contributed by atoms with E-state index < -0.39 is 45.4 Å². The second-order valence-corrected chi connectivity index (χ2v) is 4.05. The molecule has 1 aromatic rings. The van der Waals surface area contributed by atoms with Crippen LogP contribution < -0.4 is 34.9 Å². The number of benzene rings is 1. The van der Waals surface area contributed by atoms with Crippen molar-refractivity contribution in [3.05, 3.63) is 40.2 Å². The number of carbonyl (C=O) groups excluding carboxylic acids is 2. The number of esters is 1. The van der Waals surface area contributed by atoms with Crippen LogP contribution in [0.25, 0.3) is 0 Å². The maximum Gasteiger partial charge on any atom is 1.00 e. The molecule has 0 bridgehead atoms. The number of ether oxygens (including phenoxy) is 1. The van der Waals surface area contributed by atoms with Crippen molar-refractivity contribution in [1.82, 2.24) is 0 Å². The molecule has 0 aliphatic rings. The Bertz CT molecular complexity index is 628. The second kappa shape index (κ2) is 9.19. The number of carbonyl (C=O) groups is 2. The molecule has 1 aromatic carbocycles. The maximum atomic E-state index is 13.5. The first-order valence-electron chi connectivity index (χ1n) is 5.58. The molecule has 10 heteroatoms. The third kappa shape index (κ3) is 5.01. The average molecular weight is 337 g/mol. The molecule has 0 saturated carbocycles. The fourth-order valence-corrected chi connectivity index (χ4v) is 1.61. The molecule has 0 aliphatic carbocycles. The van der Waals surface area contributed by atoms with Gasteiger partial charge in [-0.1, -0.05) is 5.03 Å². The summed E-state index contributed by atoms with van der Waals surface area (Å²) in [5.74, 6) is -5.77. The topological polar surface area (TPSA) is 55.4 Å². The van der Waals surface area contributed by atoms with E-state index in [2.05, 4.69) is 10.1 Å². The van der Waals surface area contributed by atoms with Gasteiger partial charge in [0.05, 0.1) is 17.9 Å². The number of nitrogens with one attached hydrogen (secondary N) is 1. The summed E-state index contributed by atoms with van der Waals surface area (Å²) < 4.78 is 43.9. The number of hydrogen-bond acceptors (Lipinski definition) is 5. The predicted molar refractivity (Wildman–Crippen MR) is 71.7 cm³/mol. The van der Waals surface area contributed by atoms with Crippen molar-refractivity contribution in [2.75, 3.05) is 11.9 Å². The average Bonchev–Trinajstić information content (AvgIpc) is 2.39. The fraction of sp³-hybridized carbons (Fsp3) is 0.167. The normalized spacial score (nSPS) is 11.1. The van der Waals surface area contributed by atoms with Crippen molar-refractivity contribution in [1.29, 1.82) is 0 Å². The van der Waals surface area contributed by atoms with E-state index in [4.69, 9.17) is 20.5 Å². The second-order valence-electron chi connectivity index (χ2n) is 3.64. The van der Waals surface area contributed by atoms with Gasteiger partial charge in [-0.25, -0.2) is 18.0 Å². The monoisotopic (exact) mass is 337 g/mol. The molecule has 110 valence electrons. The molecular formula is C12H8BF3NNaO3S. The minimum absolute atomic E-state index is 0. The van der Waals surface area contributed by atoms with Gasteiger partial charge in [0.2, 0.25) is 0 Å². The van der Waals surface area contributed by atoms with Gasteiger partial charge in [0.15, 0.2) is 25.3 Å². The van der Waals surface area contributed by atoms with Crippen LogP contribution in [0.3, 0.4) is 0 Å². The smallest absolute Gasteiger partial charge is 0.762 e. The van der Waals surface area contributed by atoms with Crippen LogP contribution in [-0.2, 0) is 27.0 Å². The van der Waals surface area contributed by atoms with E-state index in [-0.39, 0.29) is 36.2 Å². The Kier molecular flexibility index (Phi) is 8.76. The number of anilines is 1. The third-order valence-electron chi connectivity index (χ3n) is 2.24. The molecule has 0 aromatic heterocycles. The Hall–Kier alpha value is -1.03. The van der Waals surface area contributed by atoms with Gasteiger partial charge in [0.1, 0.15) is 5.68 Å². The van der Waals surface area contributed by atoms with E-state index in [0.717, 1.165) is 6.07 Å². The minimum Gasteiger partial charge on any atom is -0.762 e. The van der Waals surface area contributed by atoms with Gasteiger partial charge >= 0.3 is 35.5 Å². The van der Waals surface area contributed by atoms with E-state index in [0.29, 0.717) is 6.07 Å². The van der Waals surface area contributed by atoms with Crippen molar-refractivity contribution in [2.24, 2.45) is 0 Å². The zero-order valence-corrected chi connectivity index (χ0v) is 14.5. The molecule has 0 aliphatic heterocycles. The summed E-state index contributed by atoms with van der Waals surface area (Å²) in [6.45, 7) is 1.44. The van der Waals surface area contributed by atoms with Crippen LogP contribution >= 0.6 is 0 Å². The van der Waals surface area contributed by atoms with Crippen molar-refractivity contribution in [3.8, 4) is 0 Å². The number of hydrogen-bond donors (Lipinski definition) is 1. The SMILES string of the molecule is [B]C(=O)/C(C(=O)OCC)=C(/[S-])Nc1ccc(F)c(F)c1F.[Na+]. The maximum absolute atomic E-state index is 13.5. The Labute approximate surface area is 153 Å². The van der Waals surface area contributed by atoms with Gasteiger partial charge < -0.3 is 27.5 Å². The quantitative estimate of drug-likeness (QED) is 0.135. The van der Waals surface area contributed by atoms with E-state index in [1.54, 1.807) is 0 Å². The Balaban J connectivity index is 0.00000441. The molecule has 0 amide bonds. The van der Waals surface area contributed by atoms with Crippen LogP contribution in [0.2, 0.25) is 0 Å². The summed E-state index contributed by atoms with van der Waals surface area (Å²) in [6, 6.07) is 1.50. The number of halogens is 3. The Morgan fingerprint density at radius 2 is 1.86 bits per heavy atom. The van der Waals surface area contributed by atoms with E-state index in [1.165, 1.54) is 6.92 Å². The summed E-state index contributed by atoms with van der Waals surface area (Å²) in [6.07, 6.45) is 0. The molecule has 0 heterocycles. The van der Waals surface area contributed by atoms with E-state index in [9.17, 15) is 22.8 Å². The molecule has 2 radical (unpaired) electrons. The summed E-state index contributed by atoms with van der Waals surface area (Å²) >= 11 is 4.73. The molecule has 22 heavy (non-hydrogen) atoms. The van der Waals surface area contributed by atoms with Gasteiger partial charge in [-0.2, -0.15) is 0 Å². The number of rotatable bonds is 5. The zero-order valence-electron chi connectivity index (χ0n) is 11.7. The largest absolute Gasteiger partial charge is 1.00 e. The van der Waals surface area contributed by atoms with Gasteiger partial charge in [-0.15, -0.1) is 0 Å². The third-order valence-corrected chi connectivity index (χ3v) is 2.54. The molecule has 0 fully saturated rings. The zero-order chi connectivity index (χ0) is 16.2. The van der Waals surface area contributed by atoms with Crippen LogP contribution in [0.4, 0.5) is 18.9 Å². The fourth-order valence-electron chi connectivity index (χ4n) is 1.32. The first kappa shape index (κ1) is 21.0. The van der Waals surface area contributed by atoms with Gasteiger partial charge in [0.25, 0.3) is 0 Å². The Morgan fingerprint density at radius 1 is 1.27 bits per heavy atom. The van der Waals surface area contributed by atoms with Crippen LogP contribution in [0, 0.1) is 17.5 Å². The first-order chi connectivity index (χ1) is 9.79. The van der Waals surface area contributed by atoms with Crippen molar-refractivity contribution < 1.29 is 57.1 Å². The van der Waals surface area contributed by atoms with Gasteiger partial charge in [-0.05, 0) is 19.1 Å². The summed E-state index contributed by atoms with van der Waals surface area (Å²) in [4.78, 5) is 22.7. The standard InChI is InChI=1S/C12H9BF3NO3S.Na/c1-2-20-12(19)7(10(13)18)11(21)17-6-4-3-5(14)8(15)9(6)16;/h3-4,17,21H,2H2,1H3;/q;+1/p-1/b11-7-;. The summed E-state index contributed by atoms with van der Waals surface area (Å²) in [5, 5.41) is 1.55. The molecule has 0 atom stereocenters. The molecule has 1 rings (SSSR count). The van der Waals surface area contributed by atoms with Crippen molar-refractivity contribution >= 4 is 37.8 Å². The van der Waals surface area contributed by atoms with E-state index in [1.807, 2.05) is 0 Å². The van der Waals surface area contributed by atoms with Crippen LogP contribution in [-0.4, -0.2) is 26.1 Å². The minimum atomic E-state index is -1.72. The van der Waals surface area contributed by atoms with Gasteiger partial charge in [-0.3, -0.25) is 0 Å². The molecule has 0 spiro atoms. The van der Waals surface area contributed by atoms with Crippen molar-refractivity contribution in [3.63, 3.8) is 0 Å². The summed E-state index contributed by atoms with van der Waals surface area (Å²) in [5.41, 5.74) is -2.48. The Morgan fingerprint density at radius 3 is 2.36 bits per heavy atom. The molecule has 4 nitrogen and oxygen atoms in total. The molecular weight excluding hydrogens is 329 g/mol. The first-order valence-corrected chi connectivity index (χ1v) is 5.99. The van der Waals surface area contributed by atoms with Crippen LogP contribution in [0.5, 0.6) is 0 Å². The predicted octanol–water partition coefficient (Wildman–Crippen LogP) is -1.46. The van der Waals surface area contributed by atoms with Gasteiger partial charge in [0, 0.05) is 0 Å². The molecule has 0 unspecified atom stereocenters.